The van der Waals surface area contributed by atoms with Crippen molar-refractivity contribution in [2.24, 2.45) is 0 Å². The maximum absolute atomic E-state index is 8.81. The number of anilines is 1. The summed E-state index contributed by atoms with van der Waals surface area (Å²) >= 11 is 0. The van der Waals surface area contributed by atoms with Crippen molar-refractivity contribution in [1.29, 1.82) is 5.26 Å². The van der Waals surface area contributed by atoms with Gasteiger partial charge in [-0.25, -0.2) is 4.98 Å². The highest BCUT2D eigenvalue weighted by Crippen LogP contribution is 2.18. The molecule has 2 rings (SSSR count). The van der Waals surface area contributed by atoms with E-state index in [0.29, 0.717) is 11.7 Å². The molecule has 4 heteroatoms. The van der Waals surface area contributed by atoms with Crippen LogP contribution >= 0.6 is 0 Å². The topological polar surface area (TPSA) is 52.0 Å². The van der Waals surface area contributed by atoms with E-state index in [1.807, 2.05) is 12.1 Å². The standard InChI is InChI=1S/C12H16N4/c1-16(12-3-2-5-14-9-12)11-4-6-15-10(7-11)8-13/h4,6-7,12,14H,2-3,5,9H2,1H3. The first kappa shape index (κ1) is 10.9. The lowest BCUT2D eigenvalue weighted by atomic mass is 10.1. The van der Waals surface area contributed by atoms with Gasteiger partial charge in [-0.3, -0.25) is 0 Å². The Hall–Kier alpha value is -1.60. The molecule has 1 unspecified atom stereocenters. The van der Waals surface area contributed by atoms with E-state index in [4.69, 9.17) is 5.26 Å². The average molecular weight is 216 g/mol. The third kappa shape index (κ3) is 2.31. The second kappa shape index (κ2) is 4.95. The van der Waals surface area contributed by atoms with Gasteiger partial charge in [0.05, 0.1) is 0 Å². The lowest BCUT2D eigenvalue weighted by Gasteiger charge is -2.33. The van der Waals surface area contributed by atoms with Crippen LogP contribution in [0.3, 0.4) is 0 Å². The van der Waals surface area contributed by atoms with Crippen LogP contribution in [0.25, 0.3) is 0 Å². The summed E-state index contributed by atoms with van der Waals surface area (Å²) in [4.78, 5) is 6.21. The first-order chi connectivity index (χ1) is 7.81. The normalized spacial score (nSPS) is 20.1. The molecule has 0 aromatic carbocycles. The fourth-order valence-electron chi connectivity index (χ4n) is 2.07. The first-order valence-electron chi connectivity index (χ1n) is 5.61. The van der Waals surface area contributed by atoms with Crippen LogP contribution in [0.1, 0.15) is 18.5 Å². The van der Waals surface area contributed by atoms with Crippen molar-refractivity contribution in [2.45, 2.75) is 18.9 Å². The smallest absolute Gasteiger partial charge is 0.142 e. The summed E-state index contributed by atoms with van der Waals surface area (Å²) in [5.74, 6) is 0. The number of nitrogens with zero attached hydrogens (tertiary/aromatic N) is 3. The van der Waals surface area contributed by atoms with Crippen molar-refractivity contribution < 1.29 is 0 Å². The fourth-order valence-corrected chi connectivity index (χ4v) is 2.07. The summed E-state index contributed by atoms with van der Waals surface area (Å²) in [5, 5.41) is 12.2. The van der Waals surface area contributed by atoms with Gasteiger partial charge in [0, 0.05) is 31.5 Å². The van der Waals surface area contributed by atoms with Gasteiger partial charge in [0.25, 0.3) is 0 Å². The summed E-state index contributed by atoms with van der Waals surface area (Å²) < 4.78 is 0. The summed E-state index contributed by atoms with van der Waals surface area (Å²) in [6.07, 6.45) is 4.11. The molecule has 0 saturated carbocycles. The maximum atomic E-state index is 8.81. The molecule has 1 saturated heterocycles. The molecule has 1 fully saturated rings. The number of nitrogens with one attached hydrogen (secondary N) is 1. The Bertz CT molecular complexity index is 390. The van der Waals surface area contributed by atoms with Gasteiger partial charge in [0.1, 0.15) is 11.8 Å². The van der Waals surface area contributed by atoms with Crippen LogP contribution in [0.2, 0.25) is 0 Å². The lowest BCUT2D eigenvalue weighted by Crippen LogP contribution is -2.44. The molecule has 1 aromatic rings. The molecule has 1 aromatic heterocycles. The third-order valence-electron chi connectivity index (χ3n) is 3.08. The molecule has 2 heterocycles. The van der Waals surface area contributed by atoms with Crippen molar-refractivity contribution >= 4 is 5.69 Å². The van der Waals surface area contributed by atoms with Crippen LogP contribution in [-0.4, -0.2) is 31.2 Å². The summed E-state index contributed by atoms with van der Waals surface area (Å²) in [6, 6.07) is 6.38. The average Bonchev–Trinajstić information content (AvgIpc) is 2.39. The van der Waals surface area contributed by atoms with Crippen molar-refractivity contribution in [3.8, 4) is 6.07 Å². The second-order valence-electron chi connectivity index (χ2n) is 4.12. The predicted octanol–water partition coefficient (Wildman–Crippen LogP) is 1.14. The lowest BCUT2D eigenvalue weighted by molar-refractivity contribution is 0.445. The van der Waals surface area contributed by atoms with Crippen molar-refractivity contribution in [2.75, 3.05) is 25.0 Å². The second-order valence-corrected chi connectivity index (χ2v) is 4.12. The van der Waals surface area contributed by atoms with Gasteiger partial charge in [0.2, 0.25) is 0 Å². The van der Waals surface area contributed by atoms with Crippen molar-refractivity contribution in [3.63, 3.8) is 0 Å². The summed E-state index contributed by atoms with van der Waals surface area (Å²) in [5.41, 5.74) is 1.55. The van der Waals surface area contributed by atoms with Crippen LogP contribution in [0.4, 0.5) is 5.69 Å². The van der Waals surface area contributed by atoms with Crippen molar-refractivity contribution in [3.05, 3.63) is 24.0 Å². The zero-order valence-corrected chi connectivity index (χ0v) is 9.48. The van der Waals surface area contributed by atoms with Crippen LogP contribution in [0.15, 0.2) is 18.3 Å². The van der Waals surface area contributed by atoms with Gasteiger partial charge in [-0.1, -0.05) is 0 Å². The minimum Gasteiger partial charge on any atom is -0.370 e. The number of aromatic nitrogens is 1. The molecular weight excluding hydrogens is 200 g/mol. The fraction of sp³-hybridized carbons (Fsp3) is 0.500. The van der Waals surface area contributed by atoms with Crippen LogP contribution in [0, 0.1) is 11.3 Å². The number of hydrogen-bond donors (Lipinski definition) is 1. The summed E-state index contributed by atoms with van der Waals surface area (Å²) in [7, 11) is 2.08. The Morgan fingerprint density at radius 2 is 2.50 bits per heavy atom. The van der Waals surface area contributed by atoms with E-state index in [9.17, 15) is 0 Å². The Balaban J connectivity index is 2.13. The molecule has 0 radical (unpaired) electrons. The Labute approximate surface area is 95.9 Å². The Kier molecular flexibility index (Phi) is 3.37. The van der Waals surface area contributed by atoms with Crippen LogP contribution in [-0.2, 0) is 0 Å². The molecule has 1 aliphatic rings. The molecule has 1 N–H and O–H groups in total. The SMILES string of the molecule is CN(c1ccnc(C#N)c1)C1CCCNC1. The predicted molar refractivity (Wildman–Crippen MR) is 63.2 cm³/mol. The molecule has 1 aliphatic heterocycles. The number of likely N-dealkylation sites (N-methyl/N-ethyl adjacent to an activating group) is 1. The van der Waals surface area contributed by atoms with Crippen LogP contribution in [0.5, 0.6) is 0 Å². The Morgan fingerprint density at radius 1 is 1.62 bits per heavy atom. The van der Waals surface area contributed by atoms with Crippen LogP contribution < -0.4 is 10.2 Å². The molecule has 0 aliphatic carbocycles. The molecule has 4 nitrogen and oxygen atoms in total. The number of pyridine rings is 1. The molecule has 16 heavy (non-hydrogen) atoms. The largest absolute Gasteiger partial charge is 0.370 e. The van der Waals surface area contributed by atoms with Gasteiger partial charge in [-0.2, -0.15) is 5.26 Å². The Morgan fingerprint density at radius 3 is 3.19 bits per heavy atom. The maximum Gasteiger partial charge on any atom is 0.142 e. The number of hydrogen-bond acceptors (Lipinski definition) is 4. The molecule has 1 atom stereocenters. The molecule has 0 bridgehead atoms. The van der Waals surface area contributed by atoms with E-state index in [2.05, 4.69) is 28.3 Å². The monoisotopic (exact) mass is 216 g/mol. The van der Waals surface area contributed by atoms with Gasteiger partial charge >= 0.3 is 0 Å². The quantitative estimate of drug-likeness (QED) is 0.805. The molecule has 0 spiro atoms. The molecule has 0 amide bonds. The highest BCUT2D eigenvalue weighted by atomic mass is 15.2. The van der Waals surface area contributed by atoms with Gasteiger partial charge in [-0.15, -0.1) is 0 Å². The number of nitriles is 1. The van der Waals surface area contributed by atoms with Crippen molar-refractivity contribution in [1.82, 2.24) is 10.3 Å². The highest BCUT2D eigenvalue weighted by Gasteiger charge is 2.18. The minimum atomic E-state index is 0.480. The zero-order valence-electron chi connectivity index (χ0n) is 9.48. The molecular formula is C12H16N4. The van der Waals surface area contributed by atoms with E-state index in [1.165, 1.54) is 12.8 Å². The third-order valence-corrected chi connectivity index (χ3v) is 3.08. The van der Waals surface area contributed by atoms with Gasteiger partial charge in [0.15, 0.2) is 0 Å². The van der Waals surface area contributed by atoms with E-state index < -0.39 is 0 Å². The highest BCUT2D eigenvalue weighted by molar-refractivity contribution is 5.49. The molecule has 84 valence electrons. The minimum absolute atomic E-state index is 0.480. The number of piperidine rings is 1. The summed E-state index contributed by atoms with van der Waals surface area (Å²) in [6.45, 7) is 2.13. The van der Waals surface area contributed by atoms with Gasteiger partial charge in [-0.05, 0) is 31.5 Å². The number of rotatable bonds is 2. The first-order valence-corrected chi connectivity index (χ1v) is 5.61. The zero-order chi connectivity index (χ0) is 11.4. The van der Waals surface area contributed by atoms with E-state index in [0.717, 1.165) is 18.8 Å². The van der Waals surface area contributed by atoms with E-state index in [-0.39, 0.29) is 0 Å². The van der Waals surface area contributed by atoms with E-state index >= 15 is 0 Å². The van der Waals surface area contributed by atoms with E-state index in [1.54, 1.807) is 6.20 Å². The van der Waals surface area contributed by atoms with Gasteiger partial charge < -0.3 is 10.2 Å².